The number of amides is 1. The van der Waals surface area contributed by atoms with Gasteiger partial charge in [-0.25, -0.2) is 4.98 Å². The van der Waals surface area contributed by atoms with Gasteiger partial charge in [-0.1, -0.05) is 72.8 Å². The van der Waals surface area contributed by atoms with E-state index in [1.165, 1.54) is 0 Å². The highest BCUT2D eigenvalue weighted by Crippen LogP contribution is 2.26. The van der Waals surface area contributed by atoms with Crippen LogP contribution in [0.3, 0.4) is 0 Å². The van der Waals surface area contributed by atoms with E-state index in [1.807, 2.05) is 103 Å². The van der Waals surface area contributed by atoms with E-state index in [4.69, 9.17) is 0 Å². The number of rotatable bonds is 6. The minimum Gasteiger partial charge on any atom is -0.349 e. The molecule has 144 valence electrons. The molecule has 0 saturated heterocycles. The topological polar surface area (TPSA) is 46.9 Å². The molecular weight excluding hydrogens is 358 g/mol. The van der Waals surface area contributed by atoms with Crippen LogP contribution >= 0.6 is 0 Å². The second-order valence-electron chi connectivity index (χ2n) is 7.05. The SMILES string of the molecule is CC(NC(=O)C(c1ccccc1)c1ccccc1)c1ccc(-n2ccnc2)cc1. The maximum atomic E-state index is 13.3. The normalized spacial score (nSPS) is 11.9. The van der Waals surface area contributed by atoms with Crippen molar-refractivity contribution in [2.24, 2.45) is 0 Å². The number of imidazole rings is 1. The summed E-state index contributed by atoms with van der Waals surface area (Å²) in [5, 5.41) is 3.19. The van der Waals surface area contributed by atoms with Crippen LogP contribution in [0.25, 0.3) is 5.69 Å². The maximum absolute atomic E-state index is 13.3. The van der Waals surface area contributed by atoms with Crippen molar-refractivity contribution in [2.45, 2.75) is 18.9 Å². The molecule has 0 aliphatic rings. The van der Waals surface area contributed by atoms with Gasteiger partial charge >= 0.3 is 0 Å². The molecule has 0 bridgehead atoms. The zero-order chi connectivity index (χ0) is 20.1. The third-order valence-corrected chi connectivity index (χ3v) is 5.08. The third kappa shape index (κ3) is 4.27. The van der Waals surface area contributed by atoms with Gasteiger partial charge < -0.3 is 9.88 Å². The molecule has 3 aromatic carbocycles. The van der Waals surface area contributed by atoms with Gasteiger partial charge in [-0.2, -0.15) is 0 Å². The van der Waals surface area contributed by atoms with Crippen LogP contribution in [0.4, 0.5) is 0 Å². The summed E-state index contributed by atoms with van der Waals surface area (Å²) in [6, 6.07) is 27.9. The molecule has 0 saturated carbocycles. The van der Waals surface area contributed by atoms with Crippen molar-refractivity contribution < 1.29 is 4.79 Å². The van der Waals surface area contributed by atoms with Crippen molar-refractivity contribution in [3.05, 3.63) is 120 Å². The summed E-state index contributed by atoms with van der Waals surface area (Å²) in [5.41, 5.74) is 4.07. The van der Waals surface area contributed by atoms with Gasteiger partial charge in [-0.05, 0) is 35.7 Å². The van der Waals surface area contributed by atoms with Crippen LogP contribution in [-0.4, -0.2) is 15.5 Å². The van der Waals surface area contributed by atoms with Crippen LogP contribution in [0.1, 0.15) is 35.6 Å². The molecule has 1 unspecified atom stereocenters. The van der Waals surface area contributed by atoms with E-state index in [0.717, 1.165) is 22.4 Å². The van der Waals surface area contributed by atoms with Crippen LogP contribution in [0.15, 0.2) is 104 Å². The number of carbonyl (C=O) groups is 1. The standard InChI is InChI=1S/C25H23N3O/c1-19(20-12-14-23(15-13-20)28-17-16-26-18-28)27-25(29)24(21-8-4-2-5-9-21)22-10-6-3-7-11-22/h2-19,24H,1H3,(H,27,29). The number of nitrogens with zero attached hydrogens (tertiary/aromatic N) is 2. The van der Waals surface area contributed by atoms with E-state index in [9.17, 15) is 4.79 Å². The first-order valence-corrected chi connectivity index (χ1v) is 9.71. The lowest BCUT2D eigenvalue weighted by atomic mass is 9.90. The van der Waals surface area contributed by atoms with Gasteiger partial charge in [0.15, 0.2) is 0 Å². The van der Waals surface area contributed by atoms with Gasteiger partial charge in [-0.3, -0.25) is 4.79 Å². The Balaban J connectivity index is 1.54. The fourth-order valence-corrected chi connectivity index (χ4v) is 3.51. The lowest BCUT2D eigenvalue weighted by molar-refractivity contribution is -0.122. The van der Waals surface area contributed by atoms with Gasteiger partial charge in [-0.15, -0.1) is 0 Å². The quantitative estimate of drug-likeness (QED) is 0.517. The molecule has 1 heterocycles. The van der Waals surface area contributed by atoms with Crippen molar-refractivity contribution in [1.82, 2.24) is 14.9 Å². The highest BCUT2D eigenvalue weighted by molar-refractivity contribution is 5.87. The summed E-state index contributed by atoms with van der Waals surface area (Å²) in [7, 11) is 0. The Morgan fingerprint density at radius 3 is 1.93 bits per heavy atom. The van der Waals surface area contributed by atoms with E-state index in [2.05, 4.69) is 10.3 Å². The van der Waals surface area contributed by atoms with E-state index in [-0.39, 0.29) is 17.9 Å². The van der Waals surface area contributed by atoms with E-state index < -0.39 is 0 Å². The molecule has 1 aromatic heterocycles. The fourth-order valence-electron chi connectivity index (χ4n) is 3.51. The summed E-state index contributed by atoms with van der Waals surface area (Å²) in [6.45, 7) is 2.01. The molecule has 1 amide bonds. The number of nitrogens with one attached hydrogen (secondary N) is 1. The molecular formula is C25H23N3O. The van der Waals surface area contributed by atoms with Gasteiger partial charge in [0, 0.05) is 18.1 Å². The molecule has 4 heteroatoms. The highest BCUT2D eigenvalue weighted by atomic mass is 16.1. The van der Waals surface area contributed by atoms with E-state index >= 15 is 0 Å². The number of hydrogen-bond acceptors (Lipinski definition) is 2. The van der Waals surface area contributed by atoms with Crippen LogP contribution in [0.2, 0.25) is 0 Å². The van der Waals surface area contributed by atoms with Gasteiger partial charge in [0.05, 0.1) is 18.3 Å². The Hall–Kier alpha value is -3.66. The van der Waals surface area contributed by atoms with Crippen LogP contribution in [0.5, 0.6) is 0 Å². The van der Waals surface area contributed by atoms with Crippen molar-refractivity contribution in [2.75, 3.05) is 0 Å². The fraction of sp³-hybridized carbons (Fsp3) is 0.120. The molecule has 1 N–H and O–H groups in total. The third-order valence-electron chi connectivity index (χ3n) is 5.08. The maximum Gasteiger partial charge on any atom is 0.232 e. The summed E-state index contributed by atoms with van der Waals surface area (Å²) < 4.78 is 1.95. The first kappa shape index (κ1) is 18.7. The molecule has 29 heavy (non-hydrogen) atoms. The number of carbonyl (C=O) groups excluding carboxylic acids is 1. The Bertz CT molecular complexity index is 1000. The molecule has 1 atom stereocenters. The Morgan fingerprint density at radius 2 is 1.41 bits per heavy atom. The molecule has 0 spiro atoms. The largest absolute Gasteiger partial charge is 0.349 e. The Morgan fingerprint density at radius 1 is 0.828 bits per heavy atom. The second-order valence-corrected chi connectivity index (χ2v) is 7.05. The zero-order valence-corrected chi connectivity index (χ0v) is 16.3. The Kier molecular flexibility index (Phi) is 5.52. The summed E-state index contributed by atoms with van der Waals surface area (Å²) >= 11 is 0. The molecule has 0 radical (unpaired) electrons. The smallest absolute Gasteiger partial charge is 0.232 e. The van der Waals surface area contributed by atoms with Crippen LogP contribution in [0, 0.1) is 0 Å². The first-order chi connectivity index (χ1) is 14.2. The molecule has 0 fully saturated rings. The number of hydrogen-bond donors (Lipinski definition) is 1. The summed E-state index contributed by atoms with van der Waals surface area (Å²) in [6.07, 6.45) is 5.43. The highest BCUT2D eigenvalue weighted by Gasteiger charge is 2.24. The van der Waals surface area contributed by atoms with Gasteiger partial charge in [0.1, 0.15) is 0 Å². The van der Waals surface area contributed by atoms with Crippen molar-refractivity contribution in [3.63, 3.8) is 0 Å². The molecule has 4 rings (SSSR count). The summed E-state index contributed by atoms with van der Waals surface area (Å²) in [5.74, 6) is -0.348. The first-order valence-electron chi connectivity index (χ1n) is 9.71. The molecule has 4 aromatic rings. The predicted molar refractivity (Wildman–Crippen MR) is 115 cm³/mol. The minimum absolute atomic E-state index is 0.00594. The van der Waals surface area contributed by atoms with E-state index in [0.29, 0.717) is 0 Å². The lowest BCUT2D eigenvalue weighted by Crippen LogP contribution is -2.32. The van der Waals surface area contributed by atoms with Gasteiger partial charge in [0.25, 0.3) is 0 Å². The van der Waals surface area contributed by atoms with E-state index in [1.54, 1.807) is 12.5 Å². The summed E-state index contributed by atoms with van der Waals surface area (Å²) in [4.78, 5) is 17.3. The van der Waals surface area contributed by atoms with Crippen molar-refractivity contribution in [1.29, 1.82) is 0 Å². The van der Waals surface area contributed by atoms with Crippen LogP contribution in [-0.2, 0) is 4.79 Å². The predicted octanol–water partition coefficient (Wildman–Crippen LogP) is 4.88. The number of aromatic nitrogens is 2. The zero-order valence-electron chi connectivity index (χ0n) is 16.3. The lowest BCUT2D eigenvalue weighted by Gasteiger charge is -2.21. The average molecular weight is 381 g/mol. The van der Waals surface area contributed by atoms with Crippen LogP contribution < -0.4 is 5.32 Å². The monoisotopic (exact) mass is 381 g/mol. The second kappa shape index (κ2) is 8.57. The Labute approximate surface area is 170 Å². The van der Waals surface area contributed by atoms with Crippen molar-refractivity contribution in [3.8, 4) is 5.69 Å². The van der Waals surface area contributed by atoms with Crippen molar-refractivity contribution >= 4 is 5.91 Å². The number of benzene rings is 3. The van der Waals surface area contributed by atoms with Gasteiger partial charge in [0.2, 0.25) is 5.91 Å². The minimum atomic E-state index is -0.343. The molecule has 0 aliphatic carbocycles. The molecule has 0 aliphatic heterocycles. The molecule has 4 nitrogen and oxygen atoms in total. The average Bonchev–Trinajstić information content (AvgIpc) is 3.30.